The average molecular weight is 1200 g/mol. The summed E-state index contributed by atoms with van der Waals surface area (Å²) in [4.78, 5) is 48.9. The number of hydrogen-bond donors (Lipinski definition) is 2. The van der Waals surface area contributed by atoms with Gasteiger partial charge in [-0.15, -0.1) is 0 Å². The van der Waals surface area contributed by atoms with Gasteiger partial charge in [0.05, 0.1) is 19.8 Å². The maximum atomic E-state index is 13.0. The molecule has 0 heterocycles. The van der Waals surface area contributed by atoms with Crippen molar-refractivity contribution in [3.05, 3.63) is 109 Å². The van der Waals surface area contributed by atoms with E-state index < -0.39 is 57.8 Å². The molecule has 0 radical (unpaired) electrons. The Hall–Kier alpha value is -3.86. The summed E-state index contributed by atoms with van der Waals surface area (Å²) < 4.78 is 39.8. The van der Waals surface area contributed by atoms with E-state index in [4.69, 9.17) is 23.3 Å². The number of rotatable bonds is 62. The molecule has 0 saturated carbocycles. The van der Waals surface area contributed by atoms with Crippen LogP contribution in [0.1, 0.15) is 290 Å². The lowest BCUT2D eigenvalue weighted by Gasteiger charge is -2.21. The van der Waals surface area contributed by atoms with Crippen LogP contribution in [0.25, 0.3) is 0 Å². The van der Waals surface area contributed by atoms with Crippen LogP contribution in [-0.4, -0.2) is 66.5 Å². The van der Waals surface area contributed by atoms with E-state index in [0.29, 0.717) is 19.3 Å². The highest BCUT2D eigenvalue weighted by molar-refractivity contribution is 7.47. The van der Waals surface area contributed by atoms with Gasteiger partial charge in [-0.3, -0.25) is 23.4 Å². The van der Waals surface area contributed by atoms with E-state index in [1.165, 1.54) is 83.5 Å². The molecule has 0 aliphatic rings. The van der Waals surface area contributed by atoms with Gasteiger partial charge in [0.2, 0.25) is 0 Å². The Bertz CT molecular complexity index is 1830. The van der Waals surface area contributed by atoms with Crippen molar-refractivity contribution in [3.8, 4) is 0 Å². The fraction of sp³-hybridized carbons (Fsp3) is 0.708. The van der Waals surface area contributed by atoms with Crippen molar-refractivity contribution >= 4 is 25.7 Å². The third kappa shape index (κ3) is 62.7. The quantitative estimate of drug-likeness (QED) is 0.0197. The molecule has 0 bridgehead atoms. The van der Waals surface area contributed by atoms with Gasteiger partial charge in [0.15, 0.2) is 6.10 Å². The van der Waals surface area contributed by atoms with E-state index in [1.54, 1.807) is 0 Å². The Morgan fingerprint density at radius 1 is 0.345 bits per heavy atom. The van der Waals surface area contributed by atoms with Gasteiger partial charge in [-0.2, -0.15) is 0 Å². The average Bonchev–Trinajstić information content (AvgIpc) is 3.53. The van der Waals surface area contributed by atoms with Crippen LogP contribution < -0.4 is 0 Å². The van der Waals surface area contributed by atoms with Gasteiger partial charge in [-0.1, -0.05) is 252 Å². The molecule has 0 saturated heterocycles. The van der Waals surface area contributed by atoms with Gasteiger partial charge < -0.3 is 24.2 Å². The summed E-state index contributed by atoms with van der Waals surface area (Å²) in [7, 11) is -4.77. The molecule has 0 fully saturated rings. The van der Waals surface area contributed by atoms with Gasteiger partial charge >= 0.3 is 25.7 Å². The van der Waals surface area contributed by atoms with Crippen LogP contribution >= 0.6 is 7.82 Å². The van der Waals surface area contributed by atoms with Gasteiger partial charge in [0, 0.05) is 19.3 Å². The standard InChI is InChI=1S/C72H123O11P/c1-4-7-10-13-16-19-22-25-28-31-34-37-40-43-46-49-52-55-58-61-70(74)79-65-69(83-72(76)63-60-57-54-51-48-45-42-39-36-33-30-27-24-21-18-15-12-9-6-3)67-81-84(77,78)80-66-68(64-73)82-71(75)62-59-56-53-50-47-44-41-38-35-32-29-26-23-20-17-14-11-8-5-2/h9,12,16-21,25-30,35-36,38-39,68-69,73H,4-8,10-11,13-15,22-24,31-34,37,40-67H2,1-3H3,(H,77,78)/b12-9-,19-16-,20-17-,21-18-,28-25-,29-26-,30-27-,38-35-,39-36-. The third-order valence-electron chi connectivity index (χ3n) is 14.1. The summed E-state index contributed by atoms with van der Waals surface area (Å²) in [6, 6.07) is 0. The largest absolute Gasteiger partial charge is 0.472 e. The van der Waals surface area contributed by atoms with Crippen LogP contribution in [0.5, 0.6) is 0 Å². The molecule has 3 unspecified atom stereocenters. The molecule has 0 aromatic rings. The van der Waals surface area contributed by atoms with Crippen molar-refractivity contribution in [1.82, 2.24) is 0 Å². The predicted molar refractivity (Wildman–Crippen MR) is 353 cm³/mol. The third-order valence-corrected chi connectivity index (χ3v) is 15.1. The Morgan fingerprint density at radius 2 is 0.619 bits per heavy atom. The van der Waals surface area contributed by atoms with Crippen molar-refractivity contribution in [2.24, 2.45) is 0 Å². The summed E-state index contributed by atoms with van der Waals surface area (Å²) in [5.41, 5.74) is 0. The Kier molecular flexibility index (Phi) is 62.1. The van der Waals surface area contributed by atoms with Crippen LogP contribution in [0.15, 0.2) is 109 Å². The SMILES string of the molecule is CC/C=C\C/C=C\C/C=C\C/C=C\CCCCCCCCC(=O)OC(COC(=O)CCCCCCCCCCC/C=C\C/C=C\CCCCC)COP(=O)(O)OCC(CO)OC(=O)CCCCCCCC/C=C\C/C=C\C/C=C\CCCCC. The van der Waals surface area contributed by atoms with Crippen LogP contribution in [0.2, 0.25) is 0 Å². The number of carbonyl (C=O) groups excluding carboxylic acids is 3. The van der Waals surface area contributed by atoms with Gasteiger partial charge in [0.1, 0.15) is 12.7 Å². The highest BCUT2D eigenvalue weighted by Crippen LogP contribution is 2.43. The summed E-state index contributed by atoms with van der Waals surface area (Å²) in [5.74, 6) is -1.50. The Labute approximate surface area is 514 Å². The number of esters is 3. The van der Waals surface area contributed by atoms with E-state index in [9.17, 15) is 28.9 Å². The Balaban J connectivity index is 4.74. The summed E-state index contributed by atoms with van der Waals surface area (Å²) in [6.07, 6.45) is 80.2. The second kappa shape index (κ2) is 65.1. The number of phosphoric ester groups is 1. The minimum Gasteiger partial charge on any atom is -0.462 e. The number of aliphatic hydroxyl groups is 1. The lowest BCUT2D eigenvalue weighted by molar-refractivity contribution is -0.161. The van der Waals surface area contributed by atoms with Crippen molar-refractivity contribution in [2.45, 2.75) is 303 Å². The molecule has 0 aliphatic carbocycles. The van der Waals surface area contributed by atoms with E-state index in [-0.39, 0.29) is 25.9 Å². The highest BCUT2D eigenvalue weighted by atomic mass is 31.2. The highest BCUT2D eigenvalue weighted by Gasteiger charge is 2.28. The summed E-state index contributed by atoms with van der Waals surface area (Å²) >= 11 is 0. The van der Waals surface area contributed by atoms with Crippen molar-refractivity contribution < 1.29 is 52.2 Å². The number of ether oxygens (including phenoxy) is 3. The number of hydrogen-bond acceptors (Lipinski definition) is 10. The molecule has 0 amide bonds. The zero-order chi connectivity index (χ0) is 61.2. The second-order valence-electron chi connectivity index (χ2n) is 22.2. The van der Waals surface area contributed by atoms with Crippen LogP contribution in [0, 0.1) is 0 Å². The van der Waals surface area contributed by atoms with Gasteiger partial charge in [-0.05, 0) is 128 Å². The molecule has 0 aliphatic heterocycles. The van der Waals surface area contributed by atoms with E-state index in [0.717, 1.165) is 148 Å². The first kappa shape index (κ1) is 80.1. The maximum absolute atomic E-state index is 13.0. The zero-order valence-corrected chi connectivity index (χ0v) is 54.5. The minimum absolute atomic E-state index is 0.145. The Morgan fingerprint density at radius 3 is 0.952 bits per heavy atom. The molecular formula is C72H123O11P. The predicted octanol–water partition coefficient (Wildman–Crippen LogP) is 20.9. The van der Waals surface area contributed by atoms with E-state index in [1.807, 2.05) is 0 Å². The maximum Gasteiger partial charge on any atom is 0.472 e. The fourth-order valence-corrected chi connectivity index (χ4v) is 9.82. The summed E-state index contributed by atoms with van der Waals surface area (Å²) in [6.45, 7) is 4.48. The number of carbonyl (C=O) groups is 3. The smallest absolute Gasteiger partial charge is 0.462 e. The first-order valence-corrected chi connectivity index (χ1v) is 35.3. The topological polar surface area (TPSA) is 155 Å². The fourth-order valence-electron chi connectivity index (χ4n) is 9.03. The second-order valence-corrected chi connectivity index (χ2v) is 23.7. The molecule has 12 heteroatoms. The van der Waals surface area contributed by atoms with E-state index >= 15 is 0 Å². The number of phosphoric acid groups is 1. The van der Waals surface area contributed by atoms with Crippen molar-refractivity contribution in [3.63, 3.8) is 0 Å². The molecule has 0 rings (SSSR count). The lowest BCUT2D eigenvalue weighted by Crippen LogP contribution is -2.30. The normalized spacial score (nSPS) is 13.9. The van der Waals surface area contributed by atoms with E-state index in [2.05, 4.69) is 130 Å². The minimum atomic E-state index is -4.77. The number of aliphatic hydroxyl groups excluding tert-OH is 1. The van der Waals surface area contributed by atoms with Crippen LogP contribution in [0.4, 0.5) is 0 Å². The first-order chi connectivity index (χ1) is 41.2. The lowest BCUT2D eigenvalue weighted by atomic mass is 10.1. The molecule has 482 valence electrons. The monoisotopic (exact) mass is 1190 g/mol. The van der Waals surface area contributed by atoms with Crippen molar-refractivity contribution in [1.29, 1.82) is 0 Å². The number of unbranched alkanes of at least 4 members (excludes halogenated alkanes) is 27. The van der Waals surface area contributed by atoms with Gasteiger partial charge in [0.25, 0.3) is 0 Å². The molecule has 0 aromatic carbocycles. The molecule has 2 N–H and O–H groups in total. The first-order valence-electron chi connectivity index (χ1n) is 33.8. The van der Waals surface area contributed by atoms with Gasteiger partial charge in [-0.25, -0.2) is 4.57 Å². The molecule has 0 aromatic heterocycles. The summed E-state index contributed by atoms with van der Waals surface area (Å²) in [5, 5.41) is 9.88. The van der Waals surface area contributed by atoms with Crippen LogP contribution in [-0.2, 0) is 42.2 Å². The zero-order valence-electron chi connectivity index (χ0n) is 53.6. The molecular weight excluding hydrogens is 1070 g/mol. The van der Waals surface area contributed by atoms with Crippen molar-refractivity contribution in [2.75, 3.05) is 26.4 Å². The van der Waals surface area contributed by atoms with Crippen LogP contribution in [0.3, 0.4) is 0 Å². The molecule has 84 heavy (non-hydrogen) atoms. The molecule has 0 spiro atoms. The molecule has 11 nitrogen and oxygen atoms in total. The number of allylic oxidation sites excluding steroid dienone is 18. The molecule has 3 atom stereocenters.